The number of amides is 1. The van der Waals surface area contributed by atoms with Gasteiger partial charge in [0, 0.05) is 29.5 Å². The minimum Gasteiger partial charge on any atom is -0.496 e. The van der Waals surface area contributed by atoms with Crippen LogP contribution in [-0.2, 0) is 17.6 Å². The Labute approximate surface area is 245 Å². The van der Waals surface area contributed by atoms with Gasteiger partial charge in [-0.25, -0.2) is 10.3 Å². The summed E-state index contributed by atoms with van der Waals surface area (Å²) in [6, 6.07) is 10.1. The van der Waals surface area contributed by atoms with Gasteiger partial charge in [0.2, 0.25) is 5.91 Å². The molecule has 2 aromatic rings. The predicted molar refractivity (Wildman–Crippen MR) is 157 cm³/mol. The molecule has 1 radical (unpaired) electrons. The van der Waals surface area contributed by atoms with Crippen molar-refractivity contribution < 1.29 is 19.0 Å². The highest BCUT2D eigenvalue weighted by Crippen LogP contribution is 2.38. The molecule has 10 heteroatoms. The van der Waals surface area contributed by atoms with Crippen LogP contribution in [0.1, 0.15) is 43.7 Å². The average molecular weight is 623 g/mol. The van der Waals surface area contributed by atoms with Crippen molar-refractivity contribution in [3.63, 3.8) is 0 Å². The third kappa shape index (κ3) is 7.38. The van der Waals surface area contributed by atoms with Gasteiger partial charge >= 0.3 is 0 Å². The monoisotopic (exact) mass is 621 g/mol. The first-order valence-corrected chi connectivity index (χ1v) is 14.7. The van der Waals surface area contributed by atoms with E-state index in [0.717, 1.165) is 60.0 Å². The van der Waals surface area contributed by atoms with Crippen molar-refractivity contribution in [2.45, 2.75) is 63.7 Å². The molecule has 2 heterocycles. The van der Waals surface area contributed by atoms with Crippen LogP contribution in [0.25, 0.3) is 0 Å². The standard InChI is InChI=1S/C29H39BrClN4O4/c1-18(14-19-8-10-25(38-3)29(39-4)28(19)31)7-12-27(36)32-17-22-23(35-26(34-22)6-5-13-33-35)16-20-15-21(30)9-11-24(20)37-2/h8-11,15,18,22-23,26,33-34H,5-7,12-14,16-17H2,1-4H3. The number of ether oxygens (including phenoxy) is 3. The van der Waals surface area contributed by atoms with Crippen molar-refractivity contribution in [2.24, 2.45) is 5.92 Å². The molecule has 2 fully saturated rings. The third-order valence-electron chi connectivity index (χ3n) is 7.63. The number of hydrogen-bond acceptors (Lipinski definition) is 7. The third-order valence-corrected chi connectivity index (χ3v) is 8.54. The molecule has 2 saturated heterocycles. The number of hydrogen-bond donors (Lipinski definition) is 2. The normalized spacial score (nSPS) is 21.7. The highest BCUT2D eigenvalue weighted by atomic mass is 79.9. The number of carbonyl (C=O) groups excluding carboxylic acids is 1. The number of hydrazine groups is 1. The molecule has 8 nitrogen and oxygen atoms in total. The highest BCUT2D eigenvalue weighted by molar-refractivity contribution is 9.10. The van der Waals surface area contributed by atoms with Crippen LogP contribution in [0.3, 0.4) is 0 Å². The summed E-state index contributed by atoms with van der Waals surface area (Å²) < 4.78 is 17.4. The lowest BCUT2D eigenvalue weighted by atomic mass is 9.96. The fraction of sp³-hybridized carbons (Fsp3) is 0.552. The van der Waals surface area contributed by atoms with Crippen molar-refractivity contribution in [1.82, 2.24) is 21.1 Å². The lowest BCUT2D eigenvalue weighted by molar-refractivity contribution is -0.121. The van der Waals surface area contributed by atoms with Gasteiger partial charge in [0.1, 0.15) is 5.75 Å². The van der Waals surface area contributed by atoms with E-state index in [1.54, 1.807) is 21.3 Å². The number of halogens is 2. The summed E-state index contributed by atoms with van der Waals surface area (Å²) in [6.07, 6.45) is 5.11. The second kappa shape index (κ2) is 14.0. The fourth-order valence-electron chi connectivity index (χ4n) is 5.58. The first kappa shape index (κ1) is 29.9. The van der Waals surface area contributed by atoms with E-state index in [4.69, 9.17) is 25.8 Å². The van der Waals surface area contributed by atoms with Gasteiger partial charge in [-0.05, 0) is 73.4 Å². The molecule has 1 amide bonds. The second-order valence-corrected chi connectivity index (χ2v) is 11.6. The summed E-state index contributed by atoms with van der Waals surface area (Å²) in [5, 5.41) is 11.1. The van der Waals surface area contributed by atoms with Crippen LogP contribution in [0, 0.1) is 5.92 Å². The van der Waals surface area contributed by atoms with Gasteiger partial charge in [0.25, 0.3) is 0 Å². The van der Waals surface area contributed by atoms with Crippen LogP contribution in [0.15, 0.2) is 34.8 Å². The van der Waals surface area contributed by atoms with E-state index < -0.39 is 0 Å². The molecular formula is C29H39BrClN4O4. The summed E-state index contributed by atoms with van der Waals surface area (Å²) in [7, 11) is 4.87. The van der Waals surface area contributed by atoms with Crippen LogP contribution < -0.4 is 30.3 Å². The van der Waals surface area contributed by atoms with Gasteiger partial charge in [0.15, 0.2) is 11.5 Å². The molecule has 4 unspecified atom stereocenters. The first-order chi connectivity index (χ1) is 18.8. The fourth-order valence-corrected chi connectivity index (χ4v) is 6.30. The largest absolute Gasteiger partial charge is 0.496 e. The van der Waals surface area contributed by atoms with Crippen LogP contribution >= 0.6 is 27.5 Å². The van der Waals surface area contributed by atoms with E-state index in [1.165, 1.54) is 0 Å². The zero-order chi connectivity index (χ0) is 27.9. The molecule has 2 aromatic carbocycles. The number of nitrogens with one attached hydrogen (secondary N) is 2. The molecule has 0 spiro atoms. The average Bonchev–Trinajstić information content (AvgIpc) is 3.29. The van der Waals surface area contributed by atoms with Gasteiger partial charge in [-0.1, -0.05) is 40.5 Å². The number of nitrogens with zero attached hydrogens (tertiary/aromatic N) is 2. The summed E-state index contributed by atoms with van der Waals surface area (Å²) >= 11 is 10.1. The Morgan fingerprint density at radius 2 is 1.92 bits per heavy atom. The molecule has 0 saturated carbocycles. The highest BCUT2D eigenvalue weighted by Gasteiger charge is 2.42. The van der Waals surface area contributed by atoms with Gasteiger partial charge < -0.3 is 14.2 Å². The maximum Gasteiger partial charge on any atom is 0.241 e. The molecule has 0 aromatic heterocycles. The summed E-state index contributed by atoms with van der Waals surface area (Å²) in [4.78, 5) is 12.8. The van der Waals surface area contributed by atoms with Crippen molar-refractivity contribution in [1.29, 1.82) is 0 Å². The van der Waals surface area contributed by atoms with Crippen molar-refractivity contribution in [2.75, 3.05) is 34.4 Å². The van der Waals surface area contributed by atoms with Gasteiger partial charge in [-0.3, -0.25) is 15.5 Å². The maximum atomic E-state index is 12.8. The Morgan fingerprint density at radius 3 is 2.67 bits per heavy atom. The van der Waals surface area contributed by atoms with E-state index in [2.05, 4.69) is 50.0 Å². The SMILES string of the molecule is COc1ccc(Br)cc1CC1C(C[N]C(=O)CCC(C)Cc2ccc(OC)c(OC)c2Cl)NC2CCCNN21. The molecule has 39 heavy (non-hydrogen) atoms. The van der Waals surface area contributed by atoms with E-state index in [-0.39, 0.29) is 30.1 Å². The smallest absolute Gasteiger partial charge is 0.241 e. The summed E-state index contributed by atoms with van der Waals surface area (Å²) in [5.74, 6) is 2.23. The molecule has 2 aliphatic rings. The van der Waals surface area contributed by atoms with Crippen LogP contribution in [-0.4, -0.2) is 63.6 Å². The summed E-state index contributed by atoms with van der Waals surface area (Å²) in [6.45, 7) is 3.53. The molecular weight excluding hydrogens is 584 g/mol. The molecule has 2 aliphatic heterocycles. The van der Waals surface area contributed by atoms with E-state index >= 15 is 0 Å². The first-order valence-electron chi connectivity index (χ1n) is 13.5. The second-order valence-electron chi connectivity index (χ2n) is 10.3. The van der Waals surface area contributed by atoms with Crippen LogP contribution in [0.5, 0.6) is 17.2 Å². The van der Waals surface area contributed by atoms with Crippen molar-refractivity contribution >= 4 is 33.4 Å². The predicted octanol–water partition coefficient (Wildman–Crippen LogP) is 4.73. The topological polar surface area (TPSA) is 86.2 Å². The van der Waals surface area contributed by atoms with E-state index in [9.17, 15) is 4.79 Å². The lowest BCUT2D eigenvalue weighted by Gasteiger charge is -2.34. The Balaban J connectivity index is 1.32. The Hall–Kier alpha value is -2.04. The number of fused-ring (bicyclic) bond motifs is 1. The minimum atomic E-state index is -0.0568. The number of methoxy groups -OCH3 is 3. The van der Waals surface area contributed by atoms with Crippen molar-refractivity contribution in [3.8, 4) is 17.2 Å². The van der Waals surface area contributed by atoms with Gasteiger partial charge in [-0.2, -0.15) is 0 Å². The Bertz CT molecular complexity index is 1140. The van der Waals surface area contributed by atoms with Gasteiger partial charge in [0.05, 0.1) is 39.1 Å². The molecule has 213 valence electrons. The Morgan fingerprint density at radius 1 is 1.15 bits per heavy atom. The van der Waals surface area contributed by atoms with Crippen LogP contribution in [0.4, 0.5) is 0 Å². The number of benzene rings is 2. The summed E-state index contributed by atoms with van der Waals surface area (Å²) in [5.41, 5.74) is 5.68. The minimum absolute atomic E-state index is 0.0568. The zero-order valence-corrected chi connectivity index (χ0v) is 25.5. The molecule has 4 atom stereocenters. The lowest BCUT2D eigenvalue weighted by Crippen LogP contribution is -2.53. The van der Waals surface area contributed by atoms with Crippen LogP contribution in [0.2, 0.25) is 5.02 Å². The number of carbonyl (C=O) groups is 1. The molecule has 4 rings (SSSR count). The maximum absolute atomic E-state index is 12.8. The van der Waals surface area contributed by atoms with Crippen molar-refractivity contribution in [3.05, 3.63) is 51.0 Å². The molecule has 0 aliphatic carbocycles. The Kier molecular flexibility index (Phi) is 10.8. The number of rotatable bonds is 12. The molecule has 0 bridgehead atoms. The zero-order valence-electron chi connectivity index (χ0n) is 23.1. The van der Waals surface area contributed by atoms with Gasteiger partial charge in [-0.15, -0.1) is 0 Å². The van der Waals surface area contributed by atoms with E-state index in [0.29, 0.717) is 29.5 Å². The quantitative estimate of drug-likeness (QED) is 0.354. The van der Waals surface area contributed by atoms with E-state index in [1.807, 2.05) is 24.3 Å². The molecule has 2 N–H and O–H groups in total.